The molecule has 5 heteroatoms. The highest BCUT2D eigenvalue weighted by atomic mass is 79.9. The maximum Gasteiger partial charge on any atom is 0.156 e. The Morgan fingerprint density at radius 2 is 2.18 bits per heavy atom. The Bertz CT molecular complexity index is 374. The third-order valence-corrected chi connectivity index (χ3v) is 2.92. The lowest BCUT2D eigenvalue weighted by molar-refractivity contribution is 0.190. The molecule has 0 aliphatic rings. The molecule has 0 saturated heterocycles. The molecule has 0 saturated carbocycles. The lowest BCUT2D eigenvalue weighted by Gasteiger charge is -2.18. The molecule has 96 valence electrons. The molecule has 1 unspecified atom stereocenters. The first-order valence-corrected chi connectivity index (χ1v) is 6.62. The molecule has 1 atom stereocenters. The molecule has 3 nitrogen and oxygen atoms in total. The van der Waals surface area contributed by atoms with Gasteiger partial charge in [-0.1, -0.05) is 11.6 Å². The fourth-order valence-electron chi connectivity index (χ4n) is 1.52. The quantitative estimate of drug-likeness (QED) is 0.860. The minimum Gasteiger partial charge on any atom is -0.491 e. The SMILES string of the molecule is CCOc1c(Br)cc(Cl)cc1NC(C)COC. The number of benzene rings is 1. The first kappa shape index (κ1) is 14.6. The van der Waals surface area contributed by atoms with Crippen LogP contribution >= 0.6 is 27.5 Å². The minimum atomic E-state index is 0.185. The highest BCUT2D eigenvalue weighted by molar-refractivity contribution is 9.10. The van der Waals surface area contributed by atoms with Crippen LogP contribution in [0.3, 0.4) is 0 Å². The van der Waals surface area contributed by atoms with Crippen molar-refractivity contribution in [3.63, 3.8) is 0 Å². The van der Waals surface area contributed by atoms with Gasteiger partial charge in [0.05, 0.1) is 23.4 Å². The van der Waals surface area contributed by atoms with Crippen molar-refractivity contribution in [2.24, 2.45) is 0 Å². The van der Waals surface area contributed by atoms with Crippen molar-refractivity contribution in [2.45, 2.75) is 19.9 Å². The summed E-state index contributed by atoms with van der Waals surface area (Å²) >= 11 is 9.47. The lowest BCUT2D eigenvalue weighted by atomic mass is 10.2. The van der Waals surface area contributed by atoms with E-state index in [2.05, 4.69) is 21.2 Å². The highest BCUT2D eigenvalue weighted by Gasteiger charge is 2.12. The van der Waals surface area contributed by atoms with Crippen LogP contribution in [0, 0.1) is 0 Å². The second-order valence-electron chi connectivity index (χ2n) is 3.70. The number of hydrogen-bond acceptors (Lipinski definition) is 3. The molecular weight excluding hydrogens is 305 g/mol. The predicted octanol–water partition coefficient (Wildman–Crippen LogP) is 3.95. The molecular formula is C12H17BrClNO2. The molecule has 1 aromatic rings. The zero-order valence-electron chi connectivity index (χ0n) is 10.2. The summed E-state index contributed by atoms with van der Waals surface area (Å²) in [6.45, 7) is 5.21. The Hall–Kier alpha value is -0.450. The first-order chi connectivity index (χ1) is 8.08. The van der Waals surface area contributed by atoms with E-state index < -0.39 is 0 Å². The van der Waals surface area contributed by atoms with Crippen molar-refractivity contribution in [1.29, 1.82) is 0 Å². The third-order valence-electron chi connectivity index (χ3n) is 2.12. The van der Waals surface area contributed by atoms with Gasteiger partial charge in [0.2, 0.25) is 0 Å². The van der Waals surface area contributed by atoms with E-state index in [0.29, 0.717) is 18.2 Å². The maximum absolute atomic E-state index is 6.03. The minimum absolute atomic E-state index is 0.185. The zero-order chi connectivity index (χ0) is 12.8. The van der Waals surface area contributed by atoms with Crippen LogP contribution in [-0.2, 0) is 4.74 Å². The number of anilines is 1. The van der Waals surface area contributed by atoms with Crippen molar-refractivity contribution in [3.8, 4) is 5.75 Å². The average Bonchev–Trinajstić information content (AvgIpc) is 2.23. The Morgan fingerprint density at radius 3 is 2.76 bits per heavy atom. The van der Waals surface area contributed by atoms with E-state index in [1.165, 1.54) is 0 Å². The molecule has 1 rings (SSSR count). The molecule has 0 radical (unpaired) electrons. The Kier molecular flexibility index (Phi) is 6.09. The first-order valence-electron chi connectivity index (χ1n) is 5.45. The number of halogens is 2. The number of hydrogen-bond donors (Lipinski definition) is 1. The van der Waals surface area contributed by atoms with Gasteiger partial charge < -0.3 is 14.8 Å². The second kappa shape index (κ2) is 7.09. The molecule has 0 heterocycles. The molecule has 0 bridgehead atoms. The Labute approximate surface area is 116 Å². The van der Waals surface area contributed by atoms with E-state index in [-0.39, 0.29) is 6.04 Å². The van der Waals surface area contributed by atoms with Crippen molar-refractivity contribution < 1.29 is 9.47 Å². The van der Waals surface area contributed by atoms with Gasteiger partial charge in [-0.2, -0.15) is 0 Å². The summed E-state index contributed by atoms with van der Waals surface area (Å²) in [6.07, 6.45) is 0. The van der Waals surface area contributed by atoms with Crippen molar-refractivity contribution in [1.82, 2.24) is 0 Å². The fourth-order valence-corrected chi connectivity index (χ4v) is 2.44. The summed E-state index contributed by atoms with van der Waals surface area (Å²) in [5, 5.41) is 3.97. The van der Waals surface area contributed by atoms with Gasteiger partial charge in [-0.05, 0) is 41.9 Å². The summed E-state index contributed by atoms with van der Waals surface area (Å²) in [7, 11) is 1.68. The number of ether oxygens (including phenoxy) is 2. The van der Waals surface area contributed by atoms with Crippen molar-refractivity contribution in [3.05, 3.63) is 21.6 Å². The van der Waals surface area contributed by atoms with Gasteiger partial charge in [-0.25, -0.2) is 0 Å². The number of rotatable bonds is 6. The van der Waals surface area contributed by atoms with Gasteiger partial charge in [0.1, 0.15) is 0 Å². The molecule has 1 aromatic carbocycles. The van der Waals surface area contributed by atoms with E-state index in [0.717, 1.165) is 15.9 Å². The summed E-state index contributed by atoms with van der Waals surface area (Å²) < 4.78 is 11.5. The molecule has 0 spiro atoms. The smallest absolute Gasteiger partial charge is 0.156 e. The summed E-state index contributed by atoms with van der Waals surface area (Å²) in [4.78, 5) is 0. The van der Waals surface area contributed by atoms with Crippen LogP contribution in [0.4, 0.5) is 5.69 Å². The number of nitrogens with one attached hydrogen (secondary N) is 1. The fraction of sp³-hybridized carbons (Fsp3) is 0.500. The van der Waals surface area contributed by atoms with E-state index in [9.17, 15) is 0 Å². The Morgan fingerprint density at radius 1 is 1.47 bits per heavy atom. The summed E-state index contributed by atoms with van der Waals surface area (Å²) in [5.74, 6) is 0.778. The highest BCUT2D eigenvalue weighted by Crippen LogP contribution is 2.36. The van der Waals surface area contributed by atoms with E-state index >= 15 is 0 Å². The van der Waals surface area contributed by atoms with Gasteiger partial charge in [-0.15, -0.1) is 0 Å². The van der Waals surface area contributed by atoms with E-state index in [1.807, 2.05) is 26.0 Å². The molecule has 0 aliphatic heterocycles. The molecule has 17 heavy (non-hydrogen) atoms. The lowest BCUT2D eigenvalue weighted by Crippen LogP contribution is -2.21. The van der Waals surface area contributed by atoms with Crippen LogP contribution in [-0.4, -0.2) is 26.4 Å². The molecule has 0 fully saturated rings. The van der Waals surface area contributed by atoms with Crippen LogP contribution in [0.2, 0.25) is 5.02 Å². The Balaban J connectivity index is 2.94. The molecule has 0 amide bonds. The monoisotopic (exact) mass is 321 g/mol. The van der Waals surface area contributed by atoms with Gasteiger partial charge in [0.25, 0.3) is 0 Å². The zero-order valence-corrected chi connectivity index (χ0v) is 12.6. The second-order valence-corrected chi connectivity index (χ2v) is 4.99. The van der Waals surface area contributed by atoms with Crippen LogP contribution in [0.5, 0.6) is 5.75 Å². The van der Waals surface area contributed by atoms with Crippen LogP contribution in [0.25, 0.3) is 0 Å². The van der Waals surface area contributed by atoms with Crippen LogP contribution in [0.1, 0.15) is 13.8 Å². The van der Waals surface area contributed by atoms with Crippen LogP contribution < -0.4 is 10.1 Å². The average molecular weight is 323 g/mol. The van der Waals surface area contributed by atoms with Crippen molar-refractivity contribution >= 4 is 33.2 Å². The van der Waals surface area contributed by atoms with Gasteiger partial charge in [0.15, 0.2) is 5.75 Å². The van der Waals surface area contributed by atoms with E-state index in [4.69, 9.17) is 21.1 Å². The largest absolute Gasteiger partial charge is 0.491 e. The molecule has 0 aromatic heterocycles. The number of methoxy groups -OCH3 is 1. The molecule has 0 aliphatic carbocycles. The van der Waals surface area contributed by atoms with Crippen molar-refractivity contribution in [2.75, 3.05) is 25.6 Å². The topological polar surface area (TPSA) is 30.5 Å². The predicted molar refractivity (Wildman–Crippen MR) is 75.3 cm³/mol. The summed E-state index contributed by atoms with van der Waals surface area (Å²) in [6, 6.07) is 3.85. The normalized spacial score (nSPS) is 12.3. The standard InChI is InChI=1S/C12H17BrClNO2/c1-4-17-12-10(13)5-9(14)6-11(12)15-8(2)7-16-3/h5-6,8,15H,4,7H2,1-3H3. The van der Waals surface area contributed by atoms with E-state index in [1.54, 1.807) is 7.11 Å². The maximum atomic E-state index is 6.03. The molecule has 1 N–H and O–H groups in total. The van der Waals surface area contributed by atoms with Gasteiger partial charge in [0, 0.05) is 18.2 Å². The van der Waals surface area contributed by atoms with Gasteiger partial charge >= 0.3 is 0 Å². The van der Waals surface area contributed by atoms with Crippen LogP contribution in [0.15, 0.2) is 16.6 Å². The van der Waals surface area contributed by atoms with Gasteiger partial charge in [-0.3, -0.25) is 0 Å². The summed E-state index contributed by atoms with van der Waals surface area (Å²) in [5.41, 5.74) is 0.871. The third kappa shape index (κ3) is 4.37.